The molecule has 1 aliphatic heterocycles. The zero-order valence-electron chi connectivity index (χ0n) is 10.4. The highest BCUT2D eigenvalue weighted by atomic mass is 32.2. The van der Waals surface area contributed by atoms with Gasteiger partial charge in [-0.2, -0.15) is 11.8 Å². The molecule has 2 nitrogen and oxygen atoms in total. The highest BCUT2D eigenvalue weighted by molar-refractivity contribution is 7.99. The van der Waals surface area contributed by atoms with Crippen molar-refractivity contribution in [2.45, 2.75) is 56.9 Å². The molecule has 1 fully saturated rings. The standard InChI is InChI=1S/C12H26N2S/c1-10(9-12-5-4-7-14-12)13-8-6-11(2)15-3/h10-14H,4-9H2,1-3H3. The summed E-state index contributed by atoms with van der Waals surface area (Å²) in [6.45, 7) is 7.00. The molecule has 3 heteroatoms. The van der Waals surface area contributed by atoms with E-state index in [1.807, 2.05) is 11.8 Å². The molecular formula is C12H26N2S. The molecule has 3 atom stereocenters. The number of hydrogen-bond donors (Lipinski definition) is 2. The number of thioether (sulfide) groups is 1. The molecule has 0 aromatic carbocycles. The van der Waals surface area contributed by atoms with E-state index in [9.17, 15) is 0 Å². The molecule has 0 spiro atoms. The molecule has 1 aliphatic rings. The number of rotatable bonds is 7. The third kappa shape index (κ3) is 5.79. The summed E-state index contributed by atoms with van der Waals surface area (Å²) in [6, 6.07) is 1.43. The Kier molecular flexibility index (Phi) is 6.69. The van der Waals surface area contributed by atoms with Crippen LogP contribution in [0.3, 0.4) is 0 Å². The van der Waals surface area contributed by atoms with Gasteiger partial charge in [0.15, 0.2) is 0 Å². The topological polar surface area (TPSA) is 24.1 Å². The molecule has 90 valence electrons. The normalized spacial score (nSPS) is 25.4. The molecule has 1 saturated heterocycles. The van der Waals surface area contributed by atoms with Crippen molar-refractivity contribution in [3.05, 3.63) is 0 Å². The van der Waals surface area contributed by atoms with Gasteiger partial charge < -0.3 is 10.6 Å². The van der Waals surface area contributed by atoms with Crippen molar-refractivity contribution in [2.75, 3.05) is 19.3 Å². The molecule has 0 bridgehead atoms. The van der Waals surface area contributed by atoms with Gasteiger partial charge in [-0.15, -0.1) is 0 Å². The van der Waals surface area contributed by atoms with Crippen LogP contribution in [-0.2, 0) is 0 Å². The van der Waals surface area contributed by atoms with Gasteiger partial charge in [-0.3, -0.25) is 0 Å². The van der Waals surface area contributed by atoms with Crippen LogP contribution < -0.4 is 10.6 Å². The van der Waals surface area contributed by atoms with Crippen LogP contribution in [0, 0.1) is 0 Å². The summed E-state index contributed by atoms with van der Waals surface area (Å²) in [5, 5.41) is 7.96. The quantitative estimate of drug-likeness (QED) is 0.701. The zero-order chi connectivity index (χ0) is 11.1. The van der Waals surface area contributed by atoms with Crippen LogP contribution in [0.15, 0.2) is 0 Å². The molecule has 0 aromatic heterocycles. The first-order valence-corrected chi connectivity index (χ1v) is 7.50. The van der Waals surface area contributed by atoms with E-state index in [0.717, 1.165) is 17.8 Å². The van der Waals surface area contributed by atoms with Crippen molar-refractivity contribution in [3.63, 3.8) is 0 Å². The maximum absolute atomic E-state index is 3.62. The Labute approximate surface area is 99.0 Å². The van der Waals surface area contributed by atoms with E-state index in [1.165, 1.54) is 32.2 Å². The lowest BCUT2D eigenvalue weighted by molar-refractivity contribution is 0.438. The number of nitrogens with one attached hydrogen (secondary N) is 2. The van der Waals surface area contributed by atoms with E-state index < -0.39 is 0 Å². The van der Waals surface area contributed by atoms with Gasteiger partial charge in [0.2, 0.25) is 0 Å². The SMILES string of the molecule is CSC(C)CCNC(C)CC1CCCN1. The summed E-state index contributed by atoms with van der Waals surface area (Å²) >= 11 is 1.96. The zero-order valence-corrected chi connectivity index (χ0v) is 11.2. The Hall–Kier alpha value is 0.270. The van der Waals surface area contributed by atoms with Crippen LogP contribution in [-0.4, -0.2) is 36.7 Å². The van der Waals surface area contributed by atoms with Crippen LogP contribution >= 0.6 is 11.8 Å². The van der Waals surface area contributed by atoms with Gasteiger partial charge in [-0.1, -0.05) is 6.92 Å². The first kappa shape index (κ1) is 13.3. The second kappa shape index (κ2) is 7.53. The molecule has 1 rings (SSSR count). The van der Waals surface area contributed by atoms with E-state index in [2.05, 4.69) is 30.7 Å². The van der Waals surface area contributed by atoms with E-state index >= 15 is 0 Å². The van der Waals surface area contributed by atoms with Gasteiger partial charge in [0.05, 0.1) is 0 Å². The second-order valence-corrected chi connectivity index (χ2v) is 6.00. The van der Waals surface area contributed by atoms with E-state index in [1.54, 1.807) is 0 Å². The summed E-state index contributed by atoms with van der Waals surface area (Å²) < 4.78 is 0. The summed E-state index contributed by atoms with van der Waals surface area (Å²) in [5.41, 5.74) is 0. The largest absolute Gasteiger partial charge is 0.314 e. The molecule has 0 radical (unpaired) electrons. The molecule has 0 amide bonds. The molecule has 0 saturated carbocycles. The first-order valence-electron chi connectivity index (χ1n) is 6.22. The fourth-order valence-electron chi connectivity index (χ4n) is 2.12. The summed E-state index contributed by atoms with van der Waals surface area (Å²) in [4.78, 5) is 0. The van der Waals surface area contributed by atoms with Crippen LogP contribution in [0.1, 0.15) is 39.5 Å². The molecular weight excluding hydrogens is 204 g/mol. The Balaban J connectivity index is 2.00. The highest BCUT2D eigenvalue weighted by Crippen LogP contribution is 2.11. The molecule has 3 unspecified atom stereocenters. The second-order valence-electron chi connectivity index (χ2n) is 4.72. The minimum Gasteiger partial charge on any atom is -0.314 e. The fraction of sp³-hybridized carbons (Fsp3) is 1.00. The molecule has 0 aromatic rings. The summed E-state index contributed by atoms with van der Waals surface area (Å²) in [6.07, 6.45) is 7.49. The van der Waals surface area contributed by atoms with Crippen molar-refractivity contribution >= 4 is 11.8 Å². The van der Waals surface area contributed by atoms with E-state index in [-0.39, 0.29) is 0 Å². The van der Waals surface area contributed by atoms with Gasteiger partial charge in [0.25, 0.3) is 0 Å². The van der Waals surface area contributed by atoms with Crippen LogP contribution in [0.5, 0.6) is 0 Å². The third-order valence-corrected chi connectivity index (χ3v) is 4.29. The van der Waals surface area contributed by atoms with E-state index in [0.29, 0.717) is 6.04 Å². The van der Waals surface area contributed by atoms with Gasteiger partial charge >= 0.3 is 0 Å². The lowest BCUT2D eigenvalue weighted by Gasteiger charge is -2.19. The monoisotopic (exact) mass is 230 g/mol. The average molecular weight is 230 g/mol. The maximum atomic E-state index is 3.62. The van der Waals surface area contributed by atoms with Crippen molar-refractivity contribution in [3.8, 4) is 0 Å². The maximum Gasteiger partial charge on any atom is 0.00822 e. The Bertz CT molecular complexity index is 158. The molecule has 2 N–H and O–H groups in total. The highest BCUT2D eigenvalue weighted by Gasteiger charge is 2.16. The first-order chi connectivity index (χ1) is 7.22. The van der Waals surface area contributed by atoms with Crippen LogP contribution in [0.4, 0.5) is 0 Å². The van der Waals surface area contributed by atoms with Gasteiger partial charge in [0, 0.05) is 17.3 Å². The summed E-state index contributed by atoms with van der Waals surface area (Å²) in [5.74, 6) is 0. The predicted molar refractivity (Wildman–Crippen MR) is 70.7 cm³/mol. The summed E-state index contributed by atoms with van der Waals surface area (Å²) in [7, 11) is 0. The minimum atomic E-state index is 0.662. The Morgan fingerprint density at radius 1 is 1.47 bits per heavy atom. The number of hydrogen-bond acceptors (Lipinski definition) is 3. The van der Waals surface area contributed by atoms with Crippen molar-refractivity contribution < 1.29 is 0 Å². The van der Waals surface area contributed by atoms with Crippen molar-refractivity contribution in [1.29, 1.82) is 0 Å². The fourth-order valence-corrected chi connectivity index (χ4v) is 2.47. The lowest BCUT2D eigenvalue weighted by atomic mass is 10.1. The van der Waals surface area contributed by atoms with Gasteiger partial charge in [0.1, 0.15) is 0 Å². The Morgan fingerprint density at radius 3 is 2.87 bits per heavy atom. The smallest absolute Gasteiger partial charge is 0.00822 e. The molecule has 1 heterocycles. The predicted octanol–water partition coefficient (Wildman–Crippen LogP) is 2.25. The average Bonchev–Trinajstić information content (AvgIpc) is 2.70. The van der Waals surface area contributed by atoms with Gasteiger partial charge in [-0.25, -0.2) is 0 Å². The lowest BCUT2D eigenvalue weighted by Crippen LogP contribution is -2.34. The van der Waals surface area contributed by atoms with Gasteiger partial charge in [-0.05, 0) is 52.0 Å². The van der Waals surface area contributed by atoms with Crippen LogP contribution in [0.2, 0.25) is 0 Å². The molecule has 15 heavy (non-hydrogen) atoms. The Morgan fingerprint density at radius 2 is 2.27 bits per heavy atom. The minimum absolute atomic E-state index is 0.662. The van der Waals surface area contributed by atoms with E-state index in [4.69, 9.17) is 0 Å². The van der Waals surface area contributed by atoms with Crippen LogP contribution in [0.25, 0.3) is 0 Å². The third-order valence-electron chi connectivity index (χ3n) is 3.25. The van der Waals surface area contributed by atoms with Crippen molar-refractivity contribution in [2.24, 2.45) is 0 Å². The molecule has 0 aliphatic carbocycles. The van der Waals surface area contributed by atoms with Crippen molar-refractivity contribution in [1.82, 2.24) is 10.6 Å².